The Morgan fingerprint density at radius 3 is 2.33 bits per heavy atom. The molecule has 5 heteroatoms. The molecule has 0 aromatic heterocycles. The molecule has 122 valence electrons. The van der Waals surface area contributed by atoms with Crippen LogP contribution in [0.3, 0.4) is 0 Å². The molecule has 1 aliphatic heterocycles. The Labute approximate surface area is 129 Å². The summed E-state index contributed by atoms with van der Waals surface area (Å²) in [5.74, 6) is 0.210. The first-order valence-electron chi connectivity index (χ1n) is 8.65. The summed E-state index contributed by atoms with van der Waals surface area (Å²) in [6.45, 7) is 7.44. The van der Waals surface area contributed by atoms with Gasteiger partial charge in [0.15, 0.2) is 0 Å². The van der Waals surface area contributed by atoms with Crippen LogP contribution in [0.1, 0.15) is 45.4 Å². The number of carbonyl (C=O) groups excluding carboxylic acids is 1. The first-order valence-corrected chi connectivity index (χ1v) is 8.65. The molecule has 0 aromatic rings. The van der Waals surface area contributed by atoms with E-state index in [-0.39, 0.29) is 5.91 Å². The van der Waals surface area contributed by atoms with E-state index < -0.39 is 0 Å². The number of nitrogens with one attached hydrogen (secondary N) is 1. The lowest BCUT2D eigenvalue weighted by atomic mass is 10.1. The minimum absolute atomic E-state index is 0.210. The van der Waals surface area contributed by atoms with Gasteiger partial charge in [-0.2, -0.15) is 0 Å². The first-order chi connectivity index (χ1) is 10.2. The largest absolute Gasteiger partial charge is 0.352 e. The fraction of sp³-hybridized carbons (Fsp3) is 0.938. The second-order valence-electron chi connectivity index (χ2n) is 6.65. The summed E-state index contributed by atoms with van der Waals surface area (Å²) in [4.78, 5) is 16.9. The van der Waals surface area contributed by atoms with Gasteiger partial charge < -0.3 is 11.1 Å². The van der Waals surface area contributed by atoms with Crippen LogP contribution in [0.5, 0.6) is 0 Å². The summed E-state index contributed by atoms with van der Waals surface area (Å²) in [5.41, 5.74) is 5.72. The topological polar surface area (TPSA) is 61.6 Å². The molecule has 2 aliphatic rings. The highest BCUT2D eigenvalue weighted by Crippen LogP contribution is 2.17. The van der Waals surface area contributed by atoms with Gasteiger partial charge in [0.05, 0.1) is 6.54 Å². The maximum Gasteiger partial charge on any atom is 0.234 e. The standard InChI is InChI=1S/C16H32N4O/c1-14(12-17)20-10-8-19(9-11-20)13-16(21)18-15-6-4-2-3-5-7-15/h14-15H,2-13,17H2,1H3,(H,18,21). The third-order valence-corrected chi connectivity index (χ3v) is 4.96. The molecule has 1 atom stereocenters. The summed E-state index contributed by atoms with van der Waals surface area (Å²) in [7, 11) is 0. The van der Waals surface area contributed by atoms with Crippen molar-refractivity contribution in [2.24, 2.45) is 5.73 Å². The van der Waals surface area contributed by atoms with E-state index in [0.717, 1.165) is 39.0 Å². The van der Waals surface area contributed by atoms with Gasteiger partial charge in [-0.15, -0.1) is 0 Å². The number of nitrogens with zero attached hydrogens (tertiary/aromatic N) is 2. The Morgan fingerprint density at radius 1 is 1.14 bits per heavy atom. The van der Waals surface area contributed by atoms with Crippen molar-refractivity contribution in [1.82, 2.24) is 15.1 Å². The van der Waals surface area contributed by atoms with Crippen molar-refractivity contribution in [3.63, 3.8) is 0 Å². The third-order valence-electron chi connectivity index (χ3n) is 4.96. The molecule has 2 fully saturated rings. The van der Waals surface area contributed by atoms with Crippen molar-refractivity contribution in [3.8, 4) is 0 Å². The molecule has 21 heavy (non-hydrogen) atoms. The van der Waals surface area contributed by atoms with E-state index in [1.54, 1.807) is 0 Å². The molecule has 0 radical (unpaired) electrons. The van der Waals surface area contributed by atoms with E-state index in [1.807, 2.05) is 0 Å². The molecule has 3 N–H and O–H groups in total. The zero-order valence-corrected chi connectivity index (χ0v) is 13.5. The highest BCUT2D eigenvalue weighted by molar-refractivity contribution is 5.78. The number of carbonyl (C=O) groups is 1. The zero-order chi connectivity index (χ0) is 15.1. The Bertz CT molecular complexity index is 307. The molecule has 1 amide bonds. The smallest absolute Gasteiger partial charge is 0.234 e. The van der Waals surface area contributed by atoms with Crippen molar-refractivity contribution in [3.05, 3.63) is 0 Å². The average molecular weight is 296 g/mol. The summed E-state index contributed by atoms with van der Waals surface area (Å²) >= 11 is 0. The number of hydrogen-bond donors (Lipinski definition) is 2. The normalized spacial score (nSPS) is 24.5. The monoisotopic (exact) mass is 296 g/mol. The van der Waals surface area contributed by atoms with E-state index in [2.05, 4.69) is 22.0 Å². The number of nitrogens with two attached hydrogens (primary N) is 1. The minimum Gasteiger partial charge on any atom is -0.352 e. The van der Waals surface area contributed by atoms with Crippen LogP contribution in [-0.4, -0.2) is 67.1 Å². The second kappa shape index (κ2) is 8.71. The Morgan fingerprint density at radius 2 is 1.76 bits per heavy atom. The molecule has 0 bridgehead atoms. The predicted molar refractivity (Wildman–Crippen MR) is 86.2 cm³/mol. The molecule has 0 aromatic carbocycles. The molecular weight excluding hydrogens is 264 g/mol. The van der Waals surface area contributed by atoms with Crippen LogP contribution in [0.25, 0.3) is 0 Å². The number of hydrogen-bond acceptors (Lipinski definition) is 4. The maximum absolute atomic E-state index is 12.2. The lowest BCUT2D eigenvalue weighted by molar-refractivity contribution is -0.123. The SMILES string of the molecule is CC(CN)N1CCN(CC(=O)NC2CCCCCC2)CC1. The van der Waals surface area contributed by atoms with Crippen molar-refractivity contribution in [1.29, 1.82) is 0 Å². The Kier molecular flexibility index (Phi) is 6.93. The van der Waals surface area contributed by atoms with Gasteiger partial charge >= 0.3 is 0 Å². The lowest BCUT2D eigenvalue weighted by Gasteiger charge is -2.37. The van der Waals surface area contributed by atoms with Crippen molar-refractivity contribution >= 4 is 5.91 Å². The molecule has 2 rings (SSSR count). The highest BCUT2D eigenvalue weighted by Gasteiger charge is 2.22. The van der Waals surface area contributed by atoms with Gasteiger partial charge in [0.25, 0.3) is 0 Å². The Balaban J connectivity index is 1.66. The van der Waals surface area contributed by atoms with Crippen molar-refractivity contribution < 1.29 is 4.79 Å². The van der Waals surface area contributed by atoms with Gasteiger partial charge in [-0.3, -0.25) is 14.6 Å². The number of piperazine rings is 1. The lowest BCUT2D eigenvalue weighted by Crippen LogP contribution is -2.53. The van der Waals surface area contributed by atoms with Crippen LogP contribution in [-0.2, 0) is 4.79 Å². The van der Waals surface area contributed by atoms with Crippen LogP contribution in [0.4, 0.5) is 0 Å². The van der Waals surface area contributed by atoms with Crippen molar-refractivity contribution in [2.45, 2.75) is 57.5 Å². The fourth-order valence-corrected chi connectivity index (χ4v) is 3.41. The van der Waals surface area contributed by atoms with E-state index in [9.17, 15) is 4.79 Å². The summed E-state index contributed by atoms with van der Waals surface area (Å²) in [6, 6.07) is 0.866. The molecule has 0 spiro atoms. The first kappa shape index (κ1) is 16.7. The predicted octanol–water partition coefficient (Wildman–Crippen LogP) is 0.790. The molecule has 1 saturated heterocycles. The van der Waals surface area contributed by atoms with Crippen molar-refractivity contribution in [2.75, 3.05) is 39.3 Å². The van der Waals surface area contributed by atoms with Gasteiger partial charge in [-0.25, -0.2) is 0 Å². The molecule has 1 unspecified atom stereocenters. The van der Waals surface area contributed by atoms with Gasteiger partial charge in [-0.1, -0.05) is 25.7 Å². The second-order valence-corrected chi connectivity index (χ2v) is 6.65. The molecule has 1 aliphatic carbocycles. The summed E-state index contributed by atoms with van der Waals surface area (Å²) in [5, 5.41) is 3.24. The molecule has 5 nitrogen and oxygen atoms in total. The van der Waals surface area contributed by atoms with Gasteiger partial charge in [0, 0.05) is 44.8 Å². The van der Waals surface area contributed by atoms with Gasteiger partial charge in [-0.05, 0) is 19.8 Å². The average Bonchev–Trinajstić information content (AvgIpc) is 2.75. The molecule has 1 heterocycles. The molecular formula is C16H32N4O. The van der Waals surface area contributed by atoms with Gasteiger partial charge in [0.1, 0.15) is 0 Å². The number of amides is 1. The minimum atomic E-state index is 0.210. The zero-order valence-electron chi connectivity index (χ0n) is 13.5. The van der Waals surface area contributed by atoms with E-state index in [0.29, 0.717) is 25.2 Å². The third kappa shape index (κ3) is 5.57. The van der Waals surface area contributed by atoms with E-state index in [4.69, 9.17) is 5.73 Å². The highest BCUT2D eigenvalue weighted by atomic mass is 16.2. The van der Waals surface area contributed by atoms with Crippen LogP contribution in [0.15, 0.2) is 0 Å². The number of rotatable bonds is 5. The van der Waals surface area contributed by atoms with E-state index >= 15 is 0 Å². The van der Waals surface area contributed by atoms with E-state index in [1.165, 1.54) is 25.7 Å². The van der Waals surface area contributed by atoms with Crippen LogP contribution < -0.4 is 11.1 Å². The molecule has 1 saturated carbocycles. The van der Waals surface area contributed by atoms with Crippen LogP contribution in [0, 0.1) is 0 Å². The Hall–Kier alpha value is -0.650. The maximum atomic E-state index is 12.2. The van der Waals surface area contributed by atoms with Crippen LogP contribution in [0.2, 0.25) is 0 Å². The van der Waals surface area contributed by atoms with Gasteiger partial charge in [0.2, 0.25) is 5.91 Å². The van der Waals surface area contributed by atoms with Crippen LogP contribution >= 0.6 is 0 Å². The quantitative estimate of drug-likeness (QED) is 0.737. The fourth-order valence-electron chi connectivity index (χ4n) is 3.41. The summed E-state index contributed by atoms with van der Waals surface area (Å²) < 4.78 is 0. The summed E-state index contributed by atoms with van der Waals surface area (Å²) in [6.07, 6.45) is 7.50.